The Morgan fingerprint density at radius 2 is 1.26 bits per heavy atom. The van der Waals surface area contributed by atoms with Crippen LogP contribution in [0.5, 0.6) is 28.7 Å². The minimum Gasteiger partial charge on any atom is -0.493 e. The normalized spacial score (nSPS) is 11.1. The van der Waals surface area contributed by atoms with Gasteiger partial charge in [-0.05, 0) is 53.9 Å². The fourth-order valence-electron chi connectivity index (χ4n) is 3.96. The van der Waals surface area contributed by atoms with Gasteiger partial charge in [-0.15, -0.1) is 0 Å². The molecule has 3 rings (SSSR count). The lowest BCUT2D eigenvalue weighted by atomic mass is 10.1. The molecule has 0 unspecified atom stereocenters. The fraction of sp³-hybridized carbons (Fsp3) is 0.321. The molecule has 0 heterocycles. The van der Waals surface area contributed by atoms with E-state index in [-0.39, 0.29) is 24.6 Å². The number of hydrogen-bond donors (Lipinski definition) is 0. The Hall–Kier alpha value is -4.08. The summed E-state index contributed by atoms with van der Waals surface area (Å²) in [6.45, 7) is 0.354. The van der Waals surface area contributed by atoms with Crippen LogP contribution < -0.4 is 23.7 Å². The zero-order valence-electron chi connectivity index (χ0n) is 21.8. The Kier molecular flexibility index (Phi) is 9.33. The molecule has 1 amide bonds. The first-order valence-electron chi connectivity index (χ1n) is 11.6. The molecule has 0 aliphatic rings. The van der Waals surface area contributed by atoms with Crippen LogP contribution in [0.15, 0.2) is 54.6 Å². The summed E-state index contributed by atoms with van der Waals surface area (Å²) >= 11 is 0. The molecular weight excluding hydrogens is 503 g/mol. The molecule has 0 aliphatic carbocycles. The van der Waals surface area contributed by atoms with Gasteiger partial charge in [-0.25, -0.2) is 0 Å². The molecule has 0 fully saturated rings. The third kappa shape index (κ3) is 6.62. The number of rotatable bonds is 11. The molecule has 3 aromatic rings. The van der Waals surface area contributed by atoms with Crippen molar-refractivity contribution in [1.29, 1.82) is 0 Å². The Bertz CT molecular complexity index is 1220. The van der Waals surface area contributed by atoms with E-state index in [1.165, 1.54) is 40.6 Å². The van der Waals surface area contributed by atoms with Gasteiger partial charge in [0, 0.05) is 18.7 Å². The number of methoxy groups -OCH3 is 5. The van der Waals surface area contributed by atoms with Gasteiger partial charge in [0.15, 0.2) is 23.0 Å². The summed E-state index contributed by atoms with van der Waals surface area (Å²) in [6, 6.07) is 13.3. The number of hydrogen-bond acceptors (Lipinski definition) is 6. The van der Waals surface area contributed by atoms with Crippen molar-refractivity contribution in [3.8, 4) is 28.7 Å². The topological polar surface area (TPSA) is 66.5 Å². The van der Waals surface area contributed by atoms with Crippen LogP contribution in [0.3, 0.4) is 0 Å². The number of carbonyl (C=O) groups is 1. The first kappa shape index (κ1) is 28.5. The number of halogens is 3. The molecule has 0 atom stereocenters. The summed E-state index contributed by atoms with van der Waals surface area (Å²) in [5, 5.41) is 0. The summed E-state index contributed by atoms with van der Waals surface area (Å²) in [4.78, 5) is 15.3. The second-order valence-corrected chi connectivity index (χ2v) is 8.27. The summed E-state index contributed by atoms with van der Waals surface area (Å²) in [5.41, 5.74) is 0.955. The Morgan fingerprint density at radius 3 is 1.76 bits per heavy atom. The second-order valence-electron chi connectivity index (χ2n) is 8.27. The number of carbonyl (C=O) groups excluding carboxylic acids is 1. The molecule has 38 heavy (non-hydrogen) atoms. The predicted octanol–water partition coefficient (Wildman–Crippen LogP) is 5.63. The highest BCUT2D eigenvalue weighted by Gasteiger charge is 2.30. The van der Waals surface area contributed by atoms with E-state index in [1.54, 1.807) is 30.2 Å². The smallest absolute Gasteiger partial charge is 0.416 e. The molecule has 10 heteroatoms. The van der Waals surface area contributed by atoms with Crippen LogP contribution >= 0.6 is 0 Å². The number of nitrogens with zero attached hydrogens (tertiary/aromatic N) is 1. The minimum absolute atomic E-state index is 0.0842. The van der Waals surface area contributed by atoms with E-state index in [1.807, 2.05) is 12.1 Å². The van der Waals surface area contributed by atoms with Crippen LogP contribution in [-0.4, -0.2) is 52.9 Å². The van der Waals surface area contributed by atoms with Gasteiger partial charge in [0.25, 0.3) is 5.91 Å². The predicted molar refractivity (Wildman–Crippen MR) is 136 cm³/mol. The largest absolute Gasteiger partial charge is 0.493 e. The van der Waals surface area contributed by atoms with E-state index in [4.69, 9.17) is 23.7 Å². The van der Waals surface area contributed by atoms with Crippen LogP contribution in [0.1, 0.15) is 27.0 Å². The number of ether oxygens (including phenoxy) is 5. The van der Waals surface area contributed by atoms with Crippen LogP contribution in [-0.2, 0) is 19.1 Å². The van der Waals surface area contributed by atoms with Gasteiger partial charge >= 0.3 is 6.18 Å². The van der Waals surface area contributed by atoms with Gasteiger partial charge in [0.2, 0.25) is 5.75 Å². The van der Waals surface area contributed by atoms with Crippen molar-refractivity contribution in [2.45, 2.75) is 19.1 Å². The highest BCUT2D eigenvalue weighted by Crippen LogP contribution is 2.38. The SMILES string of the molecule is COc1ccc(CCN(Cc2ccc(C(F)(F)F)cc2)C(=O)c2cc(OC)c(OC)c(OC)c2)cc1OC. The van der Waals surface area contributed by atoms with Crippen molar-refractivity contribution in [3.63, 3.8) is 0 Å². The third-order valence-electron chi connectivity index (χ3n) is 5.97. The van der Waals surface area contributed by atoms with Crippen molar-refractivity contribution >= 4 is 5.91 Å². The maximum absolute atomic E-state index is 13.7. The highest BCUT2D eigenvalue weighted by molar-refractivity contribution is 5.95. The Morgan fingerprint density at radius 1 is 0.711 bits per heavy atom. The molecule has 0 radical (unpaired) electrons. The standard InChI is InChI=1S/C28H30F3NO6/c1-34-22-11-8-18(14-23(22)35-2)12-13-32(17-19-6-9-21(10-7-19)28(29,30)31)27(33)20-15-24(36-3)26(38-5)25(16-20)37-4/h6-11,14-16H,12-13,17H2,1-5H3. The molecule has 204 valence electrons. The zero-order chi connectivity index (χ0) is 27.9. The van der Waals surface area contributed by atoms with Gasteiger partial charge in [-0.3, -0.25) is 4.79 Å². The summed E-state index contributed by atoms with van der Waals surface area (Å²) < 4.78 is 65.9. The monoisotopic (exact) mass is 533 g/mol. The molecule has 0 aromatic heterocycles. The summed E-state index contributed by atoms with van der Waals surface area (Å²) in [7, 11) is 7.43. The van der Waals surface area contributed by atoms with Crippen molar-refractivity contribution in [1.82, 2.24) is 4.90 Å². The minimum atomic E-state index is -4.45. The number of benzene rings is 3. The van der Waals surface area contributed by atoms with Gasteiger partial charge in [0.1, 0.15) is 0 Å². The van der Waals surface area contributed by atoms with E-state index >= 15 is 0 Å². The van der Waals surface area contributed by atoms with Crippen molar-refractivity contribution < 1.29 is 41.7 Å². The molecule has 0 bridgehead atoms. The quantitative estimate of drug-likeness (QED) is 0.318. The zero-order valence-corrected chi connectivity index (χ0v) is 21.8. The van der Waals surface area contributed by atoms with Crippen molar-refractivity contribution in [3.05, 3.63) is 76.9 Å². The van der Waals surface area contributed by atoms with E-state index in [0.717, 1.165) is 17.7 Å². The maximum Gasteiger partial charge on any atom is 0.416 e. The van der Waals surface area contributed by atoms with Crippen molar-refractivity contribution in [2.24, 2.45) is 0 Å². The molecule has 0 saturated carbocycles. The first-order chi connectivity index (χ1) is 18.1. The van der Waals surface area contributed by atoms with Crippen LogP contribution in [0.25, 0.3) is 0 Å². The second kappa shape index (κ2) is 12.4. The average molecular weight is 534 g/mol. The number of amides is 1. The van der Waals surface area contributed by atoms with Gasteiger partial charge in [0.05, 0.1) is 41.1 Å². The van der Waals surface area contributed by atoms with Gasteiger partial charge in [-0.1, -0.05) is 18.2 Å². The van der Waals surface area contributed by atoms with Gasteiger partial charge in [-0.2, -0.15) is 13.2 Å². The molecular formula is C28H30F3NO6. The van der Waals surface area contributed by atoms with E-state index < -0.39 is 11.7 Å². The van der Waals surface area contributed by atoms with E-state index in [0.29, 0.717) is 40.7 Å². The van der Waals surface area contributed by atoms with Crippen molar-refractivity contribution in [2.75, 3.05) is 42.1 Å². The fourth-order valence-corrected chi connectivity index (χ4v) is 3.96. The maximum atomic E-state index is 13.7. The van der Waals surface area contributed by atoms with Crippen LogP contribution in [0.2, 0.25) is 0 Å². The molecule has 0 aliphatic heterocycles. The van der Waals surface area contributed by atoms with E-state index in [2.05, 4.69) is 0 Å². The lowest BCUT2D eigenvalue weighted by Gasteiger charge is -2.24. The molecule has 7 nitrogen and oxygen atoms in total. The van der Waals surface area contributed by atoms with Crippen LogP contribution in [0, 0.1) is 0 Å². The molecule has 0 spiro atoms. The first-order valence-corrected chi connectivity index (χ1v) is 11.6. The number of alkyl halides is 3. The average Bonchev–Trinajstić information content (AvgIpc) is 2.93. The van der Waals surface area contributed by atoms with Gasteiger partial charge < -0.3 is 28.6 Å². The summed E-state index contributed by atoms with van der Waals surface area (Å²) in [6.07, 6.45) is -3.99. The highest BCUT2D eigenvalue weighted by atomic mass is 19.4. The summed E-state index contributed by atoms with van der Waals surface area (Å²) in [5.74, 6) is 1.73. The third-order valence-corrected chi connectivity index (χ3v) is 5.97. The molecule has 0 N–H and O–H groups in total. The lowest BCUT2D eigenvalue weighted by molar-refractivity contribution is -0.137. The van der Waals surface area contributed by atoms with E-state index in [9.17, 15) is 18.0 Å². The molecule has 0 saturated heterocycles. The molecule has 3 aromatic carbocycles. The Labute approximate surface area is 219 Å². The van der Waals surface area contributed by atoms with Crippen LogP contribution in [0.4, 0.5) is 13.2 Å². The Balaban J connectivity index is 1.94. The lowest BCUT2D eigenvalue weighted by Crippen LogP contribution is -2.32.